The highest BCUT2D eigenvalue weighted by Crippen LogP contribution is 2.21. The molecule has 1 aromatic carbocycles. The van der Waals surface area contributed by atoms with Gasteiger partial charge in [0, 0.05) is 17.8 Å². The highest BCUT2D eigenvalue weighted by molar-refractivity contribution is 6.03. The first kappa shape index (κ1) is 20.4. The number of aliphatic hydroxyl groups is 1. The van der Waals surface area contributed by atoms with E-state index in [1.54, 1.807) is 12.1 Å². The number of carbonyl (C=O) groups is 2. The molecule has 12 heteroatoms. The molecule has 31 heavy (non-hydrogen) atoms. The van der Waals surface area contributed by atoms with Crippen LogP contribution >= 0.6 is 0 Å². The maximum Gasteiger partial charge on any atom is 0.439 e. The van der Waals surface area contributed by atoms with Gasteiger partial charge >= 0.3 is 5.76 Å². The van der Waals surface area contributed by atoms with Crippen LogP contribution in [0.25, 0.3) is 11.4 Å². The van der Waals surface area contributed by atoms with E-state index >= 15 is 0 Å². The molecular weight excluding hydrogens is 413 g/mol. The van der Waals surface area contributed by atoms with Gasteiger partial charge in [-0.2, -0.15) is 4.39 Å². The molecule has 3 aromatic rings. The van der Waals surface area contributed by atoms with Crippen LogP contribution in [0, 0.1) is 5.95 Å². The van der Waals surface area contributed by atoms with Gasteiger partial charge in [0.1, 0.15) is 0 Å². The zero-order chi connectivity index (χ0) is 22.0. The number of nitrogens with zero attached hydrogens (tertiary/aromatic N) is 3. The minimum Gasteiger partial charge on any atom is -0.380 e. The second-order valence-corrected chi connectivity index (χ2v) is 6.58. The summed E-state index contributed by atoms with van der Waals surface area (Å²) in [5, 5.41) is 16.4. The highest BCUT2D eigenvalue weighted by atomic mass is 19.1. The van der Waals surface area contributed by atoms with E-state index in [4.69, 9.17) is 4.74 Å². The predicted molar refractivity (Wildman–Crippen MR) is 103 cm³/mol. The summed E-state index contributed by atoms with van der Waals surface area (Å²) in [4.78, 5) is 43.4. The first-order valence-electron chi connectivity index (χ1n) is 9.12. The number of halogens is 1. The number of hydrogen-bond acceptors (Lipinski definition) is 8. The van der Waals surface area contributed by atoms with E-state index in [1.807, 2.05) is 0 Å². The Morgan fingerprint density at radius 1 is 1.26 bits per heavy atom. The summed E-state index contributed by atoms with van der Waals surface area (Å²) < 4.78 is 22.8. The Kier molecular flexibility index (Phi) is 5.56. The van der Waals surface area contributed by atoms with Crippen LogP contribution < -0.4 is 16.0 Å². The molecule has 3 N–H and O–H groups in total. The van der Waals surface area contributed by atoms with E-state index in [-0.39, 0.29) is 19.0 Å². The van der Waals surface area contributed by atoms with Gasteiger partial charge in [-0.25, -0.2) is 9.78 Å². The summed E-state index contributed by atoms with van der Waals surface area (Å²) in [6.07, 6.45) is -2.03. The largest absolute Gasteiger partial charge is 0.439 e. The lowest BCUT2D eigenvalue weighted by atomic mass is 10.1. The number of rotatable bonds is 5. The summed E-state index contributed by atoms with van der Waals surface area (Å²) in [6.45, 7) is 0.241. The molecule has 1 fully saturated rings. The second-order valence-electron chi connectivity index (χ2n) is 6.58. The van der Waals surface area contributed by atoms with Crippen molar-refractivity contribution in [2.24, 2.45) is 0 Å². The molecule has 11 nitrogen and oxygen atoms in total. The summed E-state index contributed by atoms with van der Waals surface area (Å²) in [5.74, 6) is -2.66. The summed E-state index contributed by atoms with van der Waals surface area (Å²) >= 11 is 0. The smallest absolute Gasteiger partial charge is 0.380 e. The minimum atomic E-state index is -1.78. The molecule has 0 radical (unpaired) electrons. The van der Waals surface area contributed by atoms with E-state index in [2.05, 4.69) is 25.0 Å². The monoisotopic (exact) mass is 429 g/mol. The van der Waals surface area contributed by atoms with Crippen molar-refractivity contribution in [3.05, 3.63) is 59.1 Å². The Labute approximate surface area is 173 Å². The number of morpholine rings is 1. The maximum absolute atomic E-state index is 13.0. The van der Waals surface area contributed by atoms with Crippen LogP contribution in [-0.2, 0) is 14.3 Å². The van der Waals surface area contributed by atoms with E-state index in [9.17, 15) is 23.9 Å². The zero-order valence-electron chi connectivity index (χ0n) is 15.8. The van der Waals surface area contributed by atoms with Crippen LogP contribution in [0.2, 0.25) is 0 Å². The molecule has 1 saturated heterocycles. The van der Waals surface area contributed by atoms with Gasteiger partial charge in [-0.3, -0.25) is 19.1 Å². The number of amides is 2. The average Bonchev–Trinajstić information content (AvgIpc) is 3.21. The molecule has 0 aliphatic carbocycles. The average molecular weight is 429 g/mol. The number of aromatic amines is 1. The fourth-order valence-corrected chi connectivity index (χ4v) is 3.04. The fourth-order valence-electron chi connectivity index (χ4n) is 3.04. The van der Waals surface area contributed by atoms with Crippen molar-refractivity contribution in [2.75, 3.05) is 23.4 Å². The minimum absolute atomic E-state index is 0.0721. The summed E-state index contributed by atoms with van der Waals surface area (Å²) in [7, 11) is 0. The van der Waals surface area contributed by atoms with Crippen molar-refractivity contribution in [1.82, 2.24) is 15.1 Å². The molecule has 0 spiro atoms. The number of nitrogens with one attached hydrogen (secondary N) is 2. The molecule has 0 saturated carbocycles. The lowest BCUT2D eigenvalue weighted by Gasteiger charge is -2.33. The molecule has 2 unspecified atom stereocenters. The van der Waals surface area contributed by atoms with Gasteiger partial charge in [-0.05, 0) is 36.4 Å². The van der Waals surface area contributed by atoms with Crippen molar-refractivity contribution in [3.8, 4) is 11.4 Å². The number of pyridine rings is 1. The third-order valence-corrected chi connectivity index (χ3v) is 4.57. The predicted octanol–water partition coefficient (Wildman–Crippen LogP) is 0.295. The number of ether oxygens (including phenoxy) is 1. The van der Waals surface area contributed by atoms with Crippen molar-refractivity contribution >= 4 is 23.2 Å². The van der Waals surface area contributed by atoms with Crippen molar-refractivity contribution in [1.29, 1.82) is 0 Å². The molecular formula is C19H16FN5O6. The quantitative estimate of drug-likeness (QED) is 0.490. The number of anilines is 2. The van der Waals surface area contributed by atoms with Crippen LogP contribution in [0.1, 0.15) is 0 Å². The van der Waals surface area contributed by atoms with Gasteiger partial charge in [-0.1, -0.05) is 5.16 Å². The number of aromatic nitrogens is 3. The number of carbonyl (C=O) groups excluding carboxylic acids is 2. The maximum atomic E-state index is 13.0. The first-order valence-corrected chi connectivity index (χ1v) is 9.12. The number of aliphatic hydroxyl groups excluding tert-OH is 1. The fraction of sp³-hybridized carbons (Fsp3) is 0.211. The van der Waals surface area contributed by atoms with Crippen molar-refractivity contribution in [2.45, 2.75) is 12.2 Å². The van der Waals surface area contributed by atoms with Crippen LogP contribution in [-0.4, -0.2) is 57.4 Å². The number of benzene rings is 1. The highest BCUT2D eigenvalue weighted by Gasteiger charge is 2.39. The first-order chi connectivity index (χ1) is 14.9. The van der Waals surface area contributed by atoms with Gasteiger partial charge in [0.15, 0.2) is 18.0 Å². The normalized spacial score (nSPS) is 17.4. The Hall–Kier alpha value is -3.90. The summed E-state index contributed by atoms with van der Waals surface area (Å²) in [5.41, 5.74) is 1.20. The van der Waals surface area contributed by atoms with E-state index < -0.39 is 35.7 Å². The van der Waals surface area contributed by atoms with Crippen LogP contribution in [0.5, 0.6) is 0 Å². The van der Waals surface area contributed by atoms with Crippen LogP contribution in [0.3, 0.4) is 0 Å². The van der Waals surface area contributed by atoms with Crippen LogP contribution in [0.4, 0.5) is 15.8 Å². The third kappa shape index (κ3) is 4.34. The van der Waals surface area contributed by atoms with Crippen molar-refractivity contribution < 1.29 is 28.3 Å². The number of hydrogen-bond donors (Lipinski definition) is 3. The molecule has 1 aliphatic heterocycles. The van der Waals surface area contributed by atoms with E-state index in [0.29, 0.717) is 16.9 Å². The van der Waals surface area contributed by atoms with Gasteiger partial charge in [0.25, 0.3) is 11.8 Å². The van der Waals surface area contributed by atoms with Gasteiger partial charge < -0.3 is 20.1 Å². The Bertz CT molecular complexity index is 1140. The van der Waals surface area contributed by atoms with Gasteiger partial charge in [0.05, 0.1) is 18.5 Å². The molecule has 1 aliphatic rings. The topological polar surface area (TPSA) is 151 Å². The number of H-pyrrole nitrogens is 1. The lowest BCUT2D eigenvalue weighted by Crippen LogP contribution is -2.55. The Morgan fingerprint density at radius 2 is 2.03 bits per heavy atom. The van der Waals surface area contributed by atoms with Crippen molar-refractivity contribution in [3.63, 3.8) is 0 Å². The zero-order valence-corrected chi connectivity index (χ0v) is 15.8. The van der Waals surface area contributed by atoms with E-state index in [1.165, 1.54) is 29.3 Å². The van der Waals surface area contributed by atoms with Crippen LogP contribution in [0.15, 0.2) is 51.9 Å². The molecule has 2 atom stereocenters. The molecule has 2 amide bonds. The van der Waals surface area contributed by atoms with Gasteiger partial charge in [0.2, 0.25) is 5.95 Å². The Balaban J connectivity index is 1.43. The molecule has 2 aromatic heterocycles. The molecule has 0 bridgehead atoms. The molecule has 4 rings (SSSR count). The second kappa shape index (κ2) is 8.45. The lowest BCUT2D eigenvalue weighted by molar-refractivity contribution is -0.150. The standard InChI is InChI=1S/C19H16FN5O6/c20-13-6-5-12(9-21-13)25-7-8-30-15(18(25)28)14(26)17(27)22-11-3-1-10(2-4-11)16-23-19(29)31-24-16/h1-6,9,14-15,26H,7-8H2,(H,22,27)(H,23,24,29). The van der Waals surface area contributed by atoms with E-state index in [0.717, 1.165) is 6.07 Å². The SMILES string of the molecule is O=C(Nc1ccc(-c2noc(=O)[nH]2)cc1)C(O)C1OCCN(c2ccc(F)nc2)C1=O. The molecule has 160 valence electrons. The molecule has 3 heterocycles. The third-order valence-electron chi connectivity index (χ3n) is 4.57. The Morgan fingerprint density at radius 3 is 2.68 bits per heavy atom. The summed E-state index contributed by atoms with van der Waals surface area (Å²) in [6, 6.07) is 8.66. The van der Waals surface area contributed by atoms with Gasteiger partial charge in [-0.15, -0.1) is 0 Å².